The molecular weight excluding hydrogens is 396 g/mol. The minimum absolute atomic E-state index is 0.0570. The molecule has 5 nitrogen and oxygen atoms in total. The van der Waals surface area contributed by atoms with Crippen molar-refractivity contribution in [2.75, 3.05) is 4.90 Å². The number of nitrogens with zero attached hydrogens (tertiary/aromatic N) is 2. The lowest BCUT2D eigenvalue weighted by molar-refractivity contribution is 0.0971. The summed E-state index contributed by atoms with van der Waals surface area (Å²) in [4.78, 5) is 32.7. The lowest BCUT2D eigenvalue weighted by Gasteiger charge is -2.22. The summed E-state index contributed by atoms with van der Waals surface area (Å²) >= 11 is 7.45. The molecule has 1 amide bonds. The first-order chi connectivity index (χ1) is 13.5. The summed E-state index contributed by atoms with van der Waals surface area (Å²) in [5.41, 5.74) is 2.03. The van der Waals surface area contributed by atoms with Crippen molar-refractivity contribution in [2.24, 2.45) is 0 Å². The number of amides is 1. The maximum absolute atomic E-state index is 13.4. The topological polar surface area (TPSA) is 63.4 Å². The highest BCUT2D eigenvalue weighted by atomic mass is 35.5. The first-order valence-corrected chi connectivity index (χ1v) is 9.87. The smallest absolute Gasteiger partial charge is 0.297 e. The Labute approximate surface area is 168 Å². The van der Waals surface area contributed by atoms with Gasteiger partial charge in [0.2, 0.25) is 5.76 Å². The third kappa shape index (κ3) is 2.49. The Morgan fingerprint density at radius 1 is 1.14 bits per heavy atom. The molecule has 0 N–H and O–H groups in total. The number of fused-ring (bicyclic) bond motifs is 2. The van der Waals surface area contributed by atoms with Crippen LogP contribution in [-0.4, -0.2) is 10.9 Å². The summed E-state index contributed by atoms with van der Waals surface area (Å²) < 4.78 is 5.89. The molecule has 2 aromatic carbocycles. The number of anilines is 1. The fourth-order valence-corrected chi connectivity index (χ4v) is 4.54. The van der Waals surface area contributed by atoms with Gasteiger partial charge in [-0.05, 0) is 30.7 Å². The standard InChI is InChI=1S/C21H13ClN2O3S/c1-11-10-28-21(23-11)24-17(12-5-3-2-4-6-12)16-18(25)14-9-13(22)7-8-15(14)27-19(16)20(24)26/h2-10,17H,1H3/t17-/m1/s1. The van der Waals surface area contributed by atoms with Crippen LogP contribution in [0.3, 0.4) is 0 Å². The van der Waals surface area contributed by atoms with Crippen LogP contribution in [0, 0.1) is 6.92 Å². The zero-order valence-electron chi connectivity index (χ0n) is 14.7. The molecule has 0 bridgehead atoms. The van der Waals surface area contributed by atoms with Crippen molar-refractivity contribution in [1.82, 2.24) is 4.98 Å². The fourth-order valence-electron chi connectivity index (χ4n) is 3.55. The van der Waals surface area contributed by atoms with Crippen LogP contribution in [0.5, 0.6) is 0 Å². The highest BCUT2D eigenvalue weighted by molar-refractivity contribution is 7.14. The number of thiazole rings is 1. The van der Waals surface area contributed by atoms with Crippen LogP contribution >= 0.6 is 22.9 Å². The predicted molar refractivity (Wildman–Crippen MR) is 109 cm³/mol. The Morgan fingerprint density at radius 3 is 2.64 bits per heavy atom. The summed E-state index contributed by atoms with van der Waals surface area (Å²) in [6.45, 7) is 1.87. The second-order valence-electron chi connectivity index (χ2n) is 6.57. The van der Waals surface area contributed by atoms with Gasteiger partial charge in [0.1, 0.15) is 5.58 Å². The van der Waals surface area contributed by atoms with E-state index in [1.165, 1.54) is 11.3 Å². The predicted octanol–water partition coefficient (Wildman–Crippen LogP) is 4.96. The van der Waals surface area contributed by atoms with Crippen LogP contribution in [0.25, 0.3) is 11.0 Å². The van der Waals surface area contributed by atoms with Crippen molar-refractivity contribution in [3.05, 3.63) is 91.7 Å². The Kier molecular flexibility index (Phi) is 3.86. The number of hydrogen-bond donors (Lipinski definition) is 0. The Morgan fingerprint density at radius 2 is 1.93 bits per heavy atom. The van der Waals surface area contributed by atoms with E-state index < -0.39 is 6.04 Å². The molecule has 0 saturated carbocycles. The minimum atomic E-state index is -0.603. The van der Waals surface area contributed by atoms with E-state index in [2.05, 4.69) is 4.98 Å². The minimum Gasteiger partial charge on any atom is -0.450 e. The largest absolute Gasteiger partial charge is 0.450 e. The number of aryl methyl sites for hydroxylation is 1. The van der Waals surface area contributed by atoms with Gasteiger partial charge in [-0.3, -0.25) is 14.5 Å². The molecule has 0 unspecified atom stereocenters. The first kappa shape index (κ1) is 17.2. The normalized spacial score (nSPS) is 16.0. The second kappa shape index (κ2) is 6.29. The quantitative estimate of drug-likeness (QED) is 0.470. The lowest BCUT2D eigenvalue weighted by Crippen LogP contribution is -2.29. The van der Waals surface area contributed by atoms with Crippen LogP contribution in [0.4, 0.5) is 5.13 Å². The van der Waals surface area contributed by atoms with E-state index in [-0.39, 0.29) is 17.1 Å². The molecule has 138 valence electrons. The molecule has 0 aliphatic carbocycles. The molecule has 7 heteroatoms. The fraction of sp³-hybridized carbons (Fsp3) is 0.0952. The van der Waals surface area contributed by atoms with Gasteiger partial charge in [-0.1, -0.05) is 41.9 Å². The van der Waals surface area contributed by atoms with Crippen molar-refractivity contribution in [3.8, 4) is 0 Å². The van der Waals surface area contributed by atoms with Crippen LogP contribution in [0.2, 0.25) is 5.02 Å². The van der Waals surface area contributed by atoms with Crippen molar-refractivity contribution < 1.29 is 9.21 Å². The molecule has 28 heavy (non-hydrogen) atoms. The summed E-state index contributed by atoms with van der Waals surface area (Å²) in [6, 6.07) is 13.6. The Hall–Kier alpha value is -2.96. The molecule has 5 rings (SSSR count). The van der Waals surface area contributed by atoms with E-state index in [4.69, 9.17) is 16.0 Å². The molecular formula is C21H13ClN2O3S. The summed E-state index contributed by atoms with van der Waals surface area (Å²) in [7, 11) is 0. The van der Waals surface area contributed by atoms with Crippen LogP contribution < -0.4 is 10.3 Å². The monoisotopic (exact) mass is 408 g/mol. The van der Waals surface area contributed by atoms with Crippen LogP contribution in [0.15, 0.2) is 63.1 Å². The third-order valence-electron chi connectivity index (χ3n) is 4.76. The van der Waals surface area contributed by atoms with Gasteiger partial charge >= 0.3 is 0 Å². The van der Waals surface area contributed by atoms with Gasteiger partial charge in [0.15, 0.2) is 10.6 Å². The van der Waals surface area contributed by atoms with Crippen molar-refractivity contribution in [2.45, 2.75) is 13.0 Å². The molecule has 0 radical (unpaired) electrons. The summed E-state index contributed by atoms with van der Waals surface area (Å²) in [5.74, 6) is -0.311. The van der Waals surface area contributed by atoms with Crippen molar-refractivity contribution in [3.63, 3.8) is 0 Å². The van der Waals surface area contributed by atoms with E-state index in [0.29, 0.717) is 26.7 Å². The average molecular weight is 409 g/mol. The number of benzene rings is 2. The van der Waals surface area contributed by atoms with Crippen LogP contribution in [0.1, 0.15) is 33.4 Å². The van der Waals surface area contributed by atoms with Gasteiger partial charge in [-0.2, -0.15) is 0 Å². The third-order valence-corrected chi connectivity index (χ3v) is 5.95. The number of rotatable bonds is 2. The van der Waals surface area contributed by atoms with Gasteiger partial charge in [0, 0.05) is 10.4 Å². The average Bonchev–Trinajstić information content (AvgIpc) is 3.24. The van der Waals surface area contributed by atoms with Crippen LogP contribution in [-0.2, 0) is 0 Å². The Balaban J connectivity index is 1.84. The van der Waals surface area contributed by atoms with Gasteiger partial charge in [-0.25, -0.2) is 4.98 Å². The van der Waals surface area contributed by atoms with Crippen molar-refractivity contribution in [1.29, 1.82) is 0 Å². The molecule has 1 aliphatic heterocycles. The van der Waals surface area contributed by atoms with E-state index in [0.717, 1.165) is 11.3 Å². The van der Waals surface area contributed by atoms with E-state index in [1.807, 2.05) is 42.6 Å². The van der Waals surface area contributed by atoms with Gasteiger partial charge in [0.05, 0.1) is 22.7 Å². The highest BCUT2D eigenvalue weighted by Crippen LogP contribution is 2.42. The molecule has 0 fully saturated rings. The van der Waals surface area contributed by atoms with Crippen molar-refractivity contribution >= 4 is 44.9 Å². The molecule has 1 aliphatic rings. The molecule has 1 atom stereocenters. The maximum Gasteiger partial charge on any atom is 0.297 e. The number of aromatic nitrogens is 1. The van der Waals surface area contributed by atoms with Gasteiger partial charge < -0.3 is 4.42 Å². The zero-order valence-corrected chi connectivity index (χ0v) is 16.3. The number of halogens is 1. The lowest BCUT2D eigenvalue weighted by atomic mass is 9.99. The van der Waals surface area contributed by atoms with Gasteiger partial charge in [0.25, 0.3) is 5.91 Å². The Bertz CT molecular complexity index is 1300. The maximum atomic E-state index is 13.4. The van der Waals surface area contributed by atoms with E-state index in [1.54, 1.807) is 23.1 Å². The number of hydrogen-bond acceptors (Lipinski definition) is 5. The molecule has 0 saturated heterocycles. The SMILES string of the molecule is Cc1csc(N2C(=O)c3oc4ccc(Cl)cc4c(=O)c3[C@H]2c2ccccc2)n1. The molecule has 3 heterocycles. The molecule has 4 aromatic rings. The van der Waals surface area contributed by atoms with Gasteiger partial charge in [-0.15, -0.1) is 11.3 Å². The highest BCUT2D eigenvalue weighted by Gasteiger charge is 2.44. The summed E-state index contributed by atoms with van der Waals surface area (Å²) in [5, 5.41) is 3.20. The second-order valence-corrected chi connectivity index (χ2v) is 7.85. The number of carbonyl (C=O) groups is 1. The molecule has 0 spiro atoms. The first-order valence-electron chi connectivity index (χ1n) is 8.61. The summed E-state index contributed by atoms with van der Waals surface area (Å²) in [6.07, 6.45) is 0. The zero-order chi connectivity index (χ0) is 19.4. The molecule has 2 aromatic heterocycles. The number of carbonyl (C=O) groups excluding carboxylic acids is 1. The van der Waals surface area contributed by atoms with E-state index >= 15 is 0 Å². The van der Waals surface area contributed by atoms with E-state index in [9.17, 15) is 9.59 Å².